The van der Waals surface area contributed by atoms with Crippen LogP contribution in [0.4, 0.5) is 0 Å². The largest absolute Gasteiger partial charge is 0.475 e. The Balaban J connectivity index is 1.75. The van der Waals surface area contributed by atoms with Crippen LogP contribution in [0.1, 0.15) is 22.7 Å². The quantitative estimate of drug-likeness (QED) is 0.775. The normalized spacial score (nSPS) is 10.3. The lowest BCUT2D eigenvalue weighted by Gasteiger charge is -2.03. The Labute approximate surface area is 108 Å². The van der Waals surface area contributed by atoms with Crippen LogP contribution in [-0.2, 0) is 17.9 Å². The number of rotatable bonds is 6. The van der Waals surface area contributed by atoms with E-state index in [4.69, 9.17) is 9.52 Å². The molecule has 2 aromatic rings. The van der Waals surface area contributed by atoms with E-state index in [1.54, 1.807) is 4.68 Å². The Morgan fingerprint density at radius 3 is 2.89 bits per heavy atom. The smallest absolute Gasteiger partial charge is 0.371 e. The van der Waals surface area contributed by atoms with Crippen molar-refractivity contribution in [2.45, 2.75) is 19.5 Å². The standard InChI is InChI=1S/C11H12N4O4/c16-10(3-4-15-7-12-6-14-15)13-5-8-1-2-9(19-8)11(17)18/h1-2,6-7H,3-5H2,(H,13,16)(H,17,18). The average molecular weight is 264 g/mol. The van der Waals surface area contributed by atoms with Crippen LogP contribution >= 0.6 is 0 Å². The first-order chi connectivity index (χ1) is 9.15. The summed E-state index contributed by atoms with van der Waals surface area (Å²) in [5, 5.41) is 15.2. The fourth-order valence-corrected chi connectivity index (χ4v) is 1.43. The summed E-state index contributed by atoms with van der Waals surface area (Å²) in [5.41, 5.74) is 0. The molecule has 0 aromatic carbocycles. The van der Waals surface area contributed by atoms with Gasteiger partial charge in [-0.2, -0.15) is 5.10 Å². The third-order valence-electron chi connectivity index (χ3n) is 2.37. The SMILES string of the molecule is O=C(CCn1cncn1)NCc1ccc(C(=O)O)o1. The number of aromatic nitrogens is 3. The minimum Gasteiger partial charge on any atom is -0.475 e. The van der Waals surface area contributed by atoms with Crippen LogP contribution in [0.5, 0.6) is 0 Å². The van der Waals surface area contributed by atoms with Crippen LogP contribution in [0.15, 0.2) is 29.2 Å². The molecule has 2 heterocycles. The number of nitrogens with one attached hydrogen (secondary N) is 1. The zero-order valence-electron chi connectivity index (χ0n) is 9.94. The van der Waals surface area contributed by atoms with Gasteiger partial charge in [0, 0.05) is 6.42 Å². The third-order valence-corrected chi connectivity index (χ3v) is 2.37. The second-order valence-corrected chi connectivity index (χ2v) is 3.76. The van der Waals surface area contributed by atoms with E-state index in [9.17, 15) is 9.59 Å². The van der Waals surface area contributed by atoms with E-state index in [0.29, 0.717) is 12.3 Å². The highest BCUT2D eigenvalue weighted by Gasteiger charge is 2.09. The van der Waals surface area contributed by atoms with Gasteiger partial charge in [0.15, 0.2) is 0 Å². The minimum absolute atomic E-state index is 0.146. The predicted molar refractivity (Wildman–Crippen MR) is 62.2 cm³/mol. The Morgan fingerprint density at radius 1 is 1.42 bits per heavy atom. The second kappa shape index (κ2) is 5.80. The zero-order valence-corrected chi connectivity index (χ0v) is 9.94. The number of furan rings is 1. The molecule has 19 heavy (non-hydrogen) atoms. The Bertz CT molecular complexity index is 561. The molecule has 0 aliphatic carbocycles. The molecule has 0 spiro atoms. The van der Waals surface area contributed by atoms with Crippen molar-refractivity contribution in [1.82, 2.24) is 20.1 Å². The second-order valence-electron chi connectivity index (χ2n) is 3.76. The fourth-order valence-electron chi connectivity index (χ4n) is 1.43. The molecule has 0 saturated heterocycles. The molecule has 0 bridgehead atoms. The van der Waals surface area contributed by atoms with Gasteiger partial charge in [-0.3, -0.25) is 9.48 Å². The molecule has 8 nitrogen and oxygen atoms in total. The van der Waals surface area contributed by atoms with Crippen LogP contribution in [0.25, 0.3) is 0 Å². The van der Waals surface area contributed by atoms with Crippen molar-refractivity contribution in [3.8, 4) is 0 Å². The first kappa shape index (κ1) is 12.8. The summed E-state index contributed by atoms with van der Waals surface area (Å²) in [6, 6.07) is 2.86. The van der Waals surface area contributed by atoms with Gasteiger partial charge in [0.2, 0.25) is 11.7 Å². The molecule has 0 fully saturated rings. The van der Waals surface area contributed by atoms with Crippen molar-refractivity contribution in [2.24, 2.45) is 0 Å². The van der Waals surface area contributed by atoms with Crippen LogP contribution in [0, 0.1) is 0 Å². The molecule has 0 aliphatic rings. The number of carboxylic acids is 1. The number of aryl methyl sites for hydroxylation is 1. The van der Waals surface area contributed by atoms with E-state index < -0.39 is 5.97 Å². The first-order valence-corrected chi connectivity index (χ1v) is 5.56. The minimum atomic E-state index is -1.14. The maximum absolute atomic E-state index is 11.5. The molecular formula is C11H12N4O4. The highest BCUT2D eigenvalue weighted by Crippen LogP contribution is 2.07. The van der Waals surface area contributed by atoms with Gasteiger partial charge in [0.25, 0.3) is 0 Å². The van der Waals surface area contributed by atoms with E-state index in [-0.39, 0.29) is 24.6 Å². The summed E-state index contributed by atoms with van der Waals surface area (Å²) in [4.78, 5) is 25.9. The molecule has 8 heteroatoms. The van der Waals surface area contributed by atoms with E-state index in [2.05, 4.69) is 15.4 Å². The number of carbonyl (C=O) groups excluding carboxylic acids is 1. The van der Waals surface area contributed by atoms with E-state index >= 15 is 0 Å². The van der Waals surface area contributed by atoms with Crippen LogP contribution in [0.2, 0.25) is 0 Å². The maximum Gasteiger partial charge on any atom is 0.371 e. The maximum atomic E-state index is 11.5. The van der Waals surface area contributed by atoms with Crippen molar-refractivity contribution in [3.63, 3.8) is 0 Å². The van der Waals surface area contributed by atoms with Crippen LogP contribution < -0.4 is 5.32 Å². The van der Waals surface area contributed by atoms with Gasteiger partial charge in [0.1, 0.15) is 18.4 Å². The predicted octanol–water partition coefficient (Wildman–Crippen LogP) is 0.276. The Kier molecular flexibility index (Phi) is 3.91. The van der Waals surface area contributed by atoms with Gasteiger partial charge in [0.05, 0.1) is 13.1 Å². The summed E-state index contributed by atoms with van der Waals surface area (Å²) in [6.07, 6.45) is 3.18. The fraction of sp³-hybridized carbons (Fsp3) is 0.273. The molecule has 2 rings (SSSR count). The van der Waals surface area contributed by atoms with Gasteiger partial charge in [-0.05, 0) is 12.1 Å². The lowest BCUT2D eigenvalue weighted by molar-refractivity contribution is -0.121. The molecular weight excluding hydrogens is 252 g/mol. The van der Waals surface area contributed by atoms with Crippen molar-refractivity contribution in [3.05, 3.63) is 36.3 Å². The monoisotopic (exact) mass is 264 g/mol. The van der Waals surface area contributed by atoms with Crippen LogP contribution in [0.3, 0.4) is 0 Å². The van der Waals surface area contributed by atoms with Gasteiger partial charge in [-0.15, -0.1) is 0 Å². The van der Waals surface area contributed by atoms with Gasteiger partial charge < -0.3 is 14.8 Å². The zero-order chi connectivity index (χ0) is 13.7. The number of hydrogen-bond acceptors (Lipinski definition) is 5. The van der Waals surface area contributed by atoms with Gasteiger partial charge in [-0.1, -0.05) is 0 Å². The van der Waals surface area contributed by atoms with Gasteiger partial charge >= 0.3 is 5.97 Å². The highest BCUT2D eigenvalue weighted by molar-refractivity contribution is 5.84. The van der Waals surface area contributed by atoms with Crippen molar-refractivity contribution in [1.29, 1.82) is 0 Å². The number of carbonyl (C=O) groups is 2. The topological polar surface area (TPSA) is 110 Å². The molecule has 2 aromatic heterocycles. The average Bonchev–Trinajstić information content (AvgIpc) is 3.05. The summed E-state index contributed by atoms with van der Waals surface area (Å²) < 4.78 is 6.55. The number of carboxylic acid groups (broad SMARTS) is 1. The van der Waals surface area contributed by atoms with Crippen molar-refractivity contribution >= 4 is 11.9 Å². The van der Waals surface area contributed by atoms with E-state index in [1.807, 2.05) is 0 Å². The number of amides is 1. The van der Waals surface area contributed by atoms with Crippen molar-refractivity contribution in [2.75, 3.05) is 0 Å². The molecule has 2 N–H and O–H groups in total. The molecule has 100 valence electrons. The molecule has 0 radical (unpaired) electrons. The van der Waals surface area contributed by atoms with Gasteiger partial charge in [-0.25, -0.2) is 9.78 Å². The summed E-state index contributed by atoms with van der Waals surface area (Å²) >= 11 is 0. The first-order valence-electron chi connectivity index (χ1n) is 5.56. The summed E-state index contributed by atoms with van der Waals surface area (Å²) in [7, 11) is 0. The van der Waals surface area contributed by atoms with Crippen LogP contribution in [-0.4, -0.2) is 31.7 Å². The molecule has 0 unspecified atom stereocenters. The molecule has 1 amide bonds. The Morgan fingerprint density at radius 2 is 2.26 bits per heavy atom. The Hall–Kier alpha value is -2.64. The van der Waals surface area contributed by atoms with E-state index in [1.165, 1.54) is 24.8 Å². The van der Waals surface area contributed by atoms with E-state index in [0.717, 1.165) is 0 Å². The number of nitrogens with zero attached hydrogens (tertiary/aromatic N) is 3. The number of hydrogen-bond donors (Lipinski definition) is 2. The lowest BCUT2D eigenvalue weighted by atomic mass is 10.3. The highest BCUT2D eigenvalue weighted by atomic mass is 16.4. The molecule has 0 atom stereocenters. The number of aromatic carboxylic acids is 1. The summed E-state index contributed by atoms with van der Waals surface area (Å²) in [5.74, 6) is -1.06. The molecule has 0 saturated carbocycles. The summed E-state index contributed by atoms with van der Waals surface area (Å²) in [6.45, 7) is 0.591. The molecule has 0 aliphatic heterocycles. The van der Waals surface area contributed by atoms with Crippen molar-refractivity contribution < 1.29 is 19.1 Å². The third kappa shape index (κ3) is 3.66. The lowest BCUT2D eigenvalue weighted by Crippen LogP contribution is -2.23.